The number of hydrogen-bond acceptors (Lipinski definition) is 6. The lowest BCUT2D eigenvalue weighted by atomic mass is 10.1. The number of aliphatic hydroxyl groups is 1. The Bertz CT molecular complexity index is 1040. The molecular weight excluding hydrogens is 448 g/mol. The van der Waals surface area contributed by atoms with Gasteiger partial charge >= 0.3 is 12.3 Å². The maximum absolute atomic E-state index is 13.1. The van der Waals surface area contributed by atoms with Crippen LogP contribution >= 0.6 is 0 Å². The van der Waals surface area contributed by atoms with E-state index in [1.165, 1.54) is 24.2 Å². The third-order valence-corrected chi connectivity index (χ3v) is 4.95. The first-order chi connectivity index (χ1) is 15.6. The summed E-state index contributed by atoms with van der Waals surface area (Å²) >= 11 is 0. The minimum absolute atomic E-state index is 0.0414. The molecule has 0 saturated carbocycles. The van der Waals surface area contributed by atoms with Gasteiger partial charge in [0.2, 0.25) is 11.8 Å². The van der Waals surface area contributed by atoms with E-state index in [0.717, 1.165) is 0 Å². The molecule has 2 aromatic rings. The minimum Gasteiger partial charge on any atom is -0.471 e. The molecule has 0 radical (unpaired) electrons. The fraction of sp³-hybridized carbons (Fsp3) is 0.429. The first-order valence-electron chi connectivity index (χ1n) is 10.00. The van der Waals surface area contributed by atoms with Crippen LogP contribution in [0.2, 0.25) is 0 Å². The zero-order valence-corrected chi connectivity index (χ0v) is 17.7. The van der Waals surface area contributed by atoms with Crippen molar-refractivity contribution in [3.63, 3.8) is 0 Å². The highest BCUT2D eigenvalue weighted by molar-refractivity contribution is 5.98. The molecule has 0 atom stereocenters. The smallest absolute Gasteiger partial charge is 0.340 e. The summed E-state index contributed by atoms with van der Waals surface area (Å²) < 4.78 is 55.5. The van der Waals surface area contributed by atoms with Crippen LogP contribution in [0.25, 0.3) is 0 Å². The minimum atomic E-state index is -4.29. The van der Waals surface area contributed by atoms with E-state index in [0.29, 0.717) is 27.9 Å². The third-order valence-electron chi connectivity index (χ3n) is 4.95. The summed E-state index contributed by atoms with van der Waals surface area (Å²) in [7, 11) is 0. The molecule has 3 heterocycles. The average Bonchev–Trinajstić information content (AvgIpc) is 3.08. The van der Waals surface area contributed by atoms with Crippen LogP contribution in [0.5, 0.6) is 5.88 Å². The summed E-state index contributed by atoms with van der Waals surface area (Å²) in [6.07, 6.45) is -1.12. The Labute approximate surface area is 186 Å². The van der Waals surface area contributed by atoms with Crippen molar-refractivity contribution in [2.45, 2.75) is 38.8 Å². The molecular formula is C21H22F4N4O4. The van der Waals surface area contributed by atoms with Gasteiger partial charge in [0.1, 0.15) is 0 Å². The van der Waals surface area contributed by atoms with Gasteiger partial charge in [-0.05, 0) is 24.6 Å². The van der Waals surface area contributed by atoms with E-state index in [4.69, 9.17) is 9.84 Å². The Morgan fingerprint density at radius 1 is 1.36 bits per heavy atom. The summed E-state index contributed by atoms with van der Waals surface area (Å²) in [4.78, 5) is 34.4. The molecule has 178 valence electrons. The molecule has 2 aromatic heterocycles. The van der Waals surface area contributed by atoms with Gasteiger partial charge in [-0.25, -0.2) is 13.8 Å². The summed E-state index contributed by atoms with van der Waals surface area (Å²) in [5, 5.41) is 11.3. The molecule has 1 aliphatic heterocycles. The van der Waals surface area contributed by atoms with E-state index in [1.54, 1.807) is 12.1 Å². The van der Waals surface area contributed by atoms with E-state index in [9.17, 15) is 27.2 Å². The summed E-state index contributed by atoms with van der Waals surface area (Å²) in [6.45, 7) is 0.307. The molecule has 0 aromatic carbocycles. The van der Waals surface area contributed by atoms with Crippen molar-refractivity contribution in [1.29, 1.82) is 0 Å². The number of aliphatic hydroxyl groups excluding tert-OH is 1. The fourth-order valence-electron chi connectivity index (χ4n) is 3.34. The molecule has 33 heavy (non-hydrogen) atoms. The van der Waals surface area contributed by atoms with Crippen LogP contribution in [0.1, 0.15) is 32.7 Å². The summed E-state index contributed by atoms with van der Waals surface area (Å²) in [5.74, 6) is -5.08. The number of alkyl halides is 4. The van der Waals surface area contributed by atoms with Gasteiger partial charge in [0.25, 0.3) is 5.91 Å². The van der Waals surface area contributed by atoms with Gasteiger partial charge in [-0.2, -0.15) is 8.78 Å². The number of carbonyl (C=O) groups excluding carboxylic acids is 2. The number of nitrogens with zero attached hydrogens (tertiary/aromatic N) is 3. The summed E-state index contributed by atoms with van der Waals surface area (Å²) in [5.41, 5.74) is 2.44. The molecule has 3 rings (SSSR count). The first-order valence-corrected chi connectivity index (χ1v) is 10.00. The molecule has 8 nitrogen and oxygen atoms in total. The lowest BCUT2D eigenvalue weighted by molar-refractivity contribution is -0.148. The number of aromatic nitrogens is 2. The molecule has 0 aliphatic carbocycles. The Morgan fingerprint density at radius 3 is 2.79 bits per heavy atom. The Morgan fingerprint density at radius 2 is 2.12 bits per heavy atom. The van der Waals surface area contributed by atoms with Crippen molar-refractivity contribution in [2.24, 2.45) is 0 Å². The molecule has 12 heteroatoms. The second-order valence-electron chi connectivity index (χ2n) is 7.51. The first kappa shape index (κ1) is 24.4. The van der Waals surface area contributed by atoms with Crippen molar-refractivity contribution in [3.05, 3.63) is 52.5 Å². The van der Waals surface area contributed by atoms with Crippen LogP contribution < -0.4 is 10.1 Å². The van der Waals surface area contributed by atoms with Crippen molar-refractivity contribution < 1.29 is 37.0 Å². The Balaban J connectivity index is 1.68. The normalized spacial score (nSPS) is 13.4. The zero-order valence-electron chi connectivity index (χ0n) is 17.7. The number of rotatable bonds is 10. The van der Waals surface area contributed by atoms with Crippen LogP contribution in [-0.2, 0) is 24.3 Å². The number of nitrogens with one attached hydrogen (secondary N) is 1. The van der Waals surface area contributed by atoms with Crippen LogP contribution in [0.15, 0.2) is 24.5 Å². The number of amides is 2. The van der Waals surface area contributed by atoms with Crippen molar-refractivity contribution in [2.75, 3.05) is 19.8 Å². The Kier molecular flexibility index (Phi) is 7.46. The standard InChI is InChI=1S/C21H22F4N4O4/c1-12-6-13(8-28-18(12)33-11-21(24,25)20(22)23)9-29-10-15-14(19(29)32)2-3-26-16(15)7-17(31)27-4-5-30/h2-3,6,8,20,30H,4-5,7,9-11H2,1H3,(H,27,31). The predicted octanol–water partition coefficient (Wildman–Crippen LogP) is 1.87. The van der Waals surface area contributed by atoms with Gasteiger partial charge in [0.15, 0.2) is 6.61 Å². The molecule has 2 amide bonds. The average molecular weight is 470 g/mol. The Hall–Kier alpha value is -3.28. The second kappa shape index (κ2) is 10.1. The van der Waals surface area contributed by atoms with Crippen molar-refractivity contribution >= 4 is 11.8 Å². The molecule has 0 bridgehead atoms. The van der Waals surface area contributed by atoms with Crippen molar-refractivity contribution in [3.8, 4) is 5.88 Å². The van der Waals surface area contributed by atoms with Gasteiger partial charge in [-0.3, -0.25) is 14.6 Å². The highest BCUT2D eigenvalue weighted by Crippen LogP contribution is 2.28. The number of fused-ring (bicyclic) bond motifs is 1. The highest BCUT2D eigenvalue weighted by atomic mass is 19.3. The van der Waals surface area contributed by atoms with Crippen LogP contribution in [-0.4, -0.2) is 63.9 Å². The quantitative estimate of drug-likeness (QED) is 0.514. The molecule has 0 spiro atoms. The number of aryl methyl sites for hydroxylation is 1. The molecule has 0 fully saturated rings. The van der Waals surface area contributed by atoms with Gasteiger partial charge in [0, 0.05) is 48.7 Å². The number of ether oxygens (including phenoxy) is 1. The lowest BCUT2D eigenvalue weighted by Crippen LogP contribution is -2.34. The van der Waals surface area contributed by atoms with Crippen LogP contribution in [0.4, 0.5) is 17.6 Å². The van der Waals surface area contributed by atoms with E-state index in [1.807, 2.05) is 0 Å². The van der Waals surface area contributed by atoms with Gasteiger partial charge in [0.05, 0.1) is 18.7 Å². The summed E-state index contributed by atoms with van der Waals surface area (Å²) in [6, 6.07) is 3.14. The SMILES string of the molecule is Cc1cc(CN2Cc3c(ccnc3CC(=O)NCCO)C2=O)cnc1OCC(F)(F)C(F)F. The second-order valence-corrected chi connectivity index (χ2v) is 7.51. The number of halogens is 4. The fourth-order valence-corrected chi connectivity index (χ4v) is 3.34. The topological polar surface area (TPSA) is 105 Å². The molecule has 2 N–H and O–H groups in total. The predicted molar refractivity (Wildman–Crippen MR) is 107 cm³/mol. The van der Waals surface area contributed by atoms with Crippen molar-refractivity contribution in [1.82, 2.24) is 20.2 Å². The van der Waals surface area contributed by atoms with E-state index < -0.39 is 19.0 Å². The number of pyridine rings is 2. The monoisotopic (exact) mass is 470 g/mol. The van der Waals surface area contributed by atoms with Crippen LogP contribution in [0.3, 0.4) is 0 Å². The lowest BCUT2D eigenvalue weighted by Gasteiger charge is -2.18. The van der Waals surface area contributed by atoms with E-state index >= 15 is 0 Å². The zero-order chi connectivity index (χ0) is 24.2. The van der Waals surface area contributed by atoms with E-state index in [2.05, 4.69) is 15.3 Å². The molecule has 0 saturated heterocycles. The third kappa shape index (κ3) is 5.75. The van der Waals surface area contributed by atoms with Gasteiger partial charge in [-0.1, -0.05) is 0 Å². The molecule has 0 unspecified atom stereocenters. The van der Waals surface area contributed by atoms with Crippen LogP contribution in [0, 0.1) is 6.92 Å². The van der Waals surface area contributed by atoms with Gasteiger partial charge < -0.3 is 20.1 Å². The maximum atomic E-state index is 13.1. The maximum Gasteiger partial charge on any atom is 0.340 e. The van der Waals surface area contributed by atoms with Gasteiger partial charge in [-0.15, -0.1) is 0 Å². The van der Waals surface area contributed by atoms with E-state index in [-0.39, 0.29) is 50.4 Å². The molecule has 1 aliphatic rings. The number of carbonyl (C=O) groups is 2. The largest absolute Gasteiger partial charge is 0.471 e. The number of hydrogen-bond donors (Lipinski definition) is 2. The highest BCUT2D eigenvalue weighted by Gasteiger charge is 2.42.